The van der Waals surface area contributed by atoms with Crippen LogP contribution in [0.1, 0.15) is 48.9 Å². The third-order valence-corrected chi connectivity index (χ3v) is 8.69. The molecule has 6 nitrogen and oxygen atoms in total. The summed E-state index contributed by atoms with van der Waals surface area (Å²) in [6, 6.07) is 20.6. The van der Waals surface area contributed by atoms with Crippen molar-refractivity contribution in [1.29, 1.82) is 0 Å². The van der Waals surface area contributed by atoms with Gasteiger partial charge in [-0.05, 0) is 63.0 Å². The number of rotatable bonds is 7. The van der Waals surface area contributed by atoms with Crippen molar-refractivity contribution in [2.75, 3.05) is 27.3 Å². The van der Waals surface area contributed by atoms with E-state index >= 15 is 0 Å². The first-order valence-corrected chi connectivity index (χ1v) is 14.5. The van der Waals surface area contributed by atoms with Gasteiger partial charge in [0.2, 0.25) is 11.8 Å². The molecule has 0 radical (unpaired) electrons. The molecule has 206 valence electrons. The maximum Gasteiger partial charge on any atom is 0.218 e. The number of methoxy groups -OCH3 is 2. The molecule has 2 aromatic heterocycles. The Bertz CT molecular complexity index is 1420. The van der Waals surface area contributed by atoms with Crippen LogP contribution in [0.3, 0.4) is 0 Å². The van der Waals surface area contributed by atoms with E-state index in [1.165, 1.54) is 0 Å². The molecule has 0 bridgehead atoms. The molecule has 4 aromatic rings. The van der Waals surface area contributed by atoms with Gasteiger partial charge < -0.3 is 20.1 Å². The van der Waals surface area contributed by atoms with Crippen LogP contribution in [-0.2, 0) is 0 Å². The first-order chi connectivity index (χ1) is 19.6. The minimum Gasteiger partial charge on any atom is -0.481 e. The van der Waals surface area contributed by atoms with E-state index in [0.717, 1.165) is 83.5 Å². The Morgan fingerprint density at radius 2 is 1.05 bits per heavy atom. The highest BCUT2D eigenvalue weighted by atomic mass is 35.5. The van der Waals surface area contributed by atoms with Crippen LogP contribution in [0, 0.1) is 0 Å². The zero-order valence-electron chi connectivity index (χ0n) is 22.6. The topological polar surface area (TPSA) is 68.3 Å². The highest BCUT2D eigenvalue weighted by Crippen LogP contribution is 2.43. The van der Waals surface area contributed by atoms with Crippen LogP contribution in [0.5, 0.6) is 11.8 Å². The van der Waals surface area contributed by atoms with Gasteiger partial charge in [-0.25, -0.2) is 9.97 Å². The van der Waals surface area contributed by atoms with E-state index in [-0.39, 0.29) is 12.1 Å². The van der Waals surface area contributed by atoms with E-state index in [1.54, 1.807) is 14.2 Å². The Morgan fingerprint density at radius 3 is 1.43 bits per heavy atom. The van der Waals surface area contributed by atoms with Crippen molar-refractivity contribution in [1.82, 2.24) is 20.6 Å². The van der Waals surface area contributed by atoms with E-state index in [4.69, 9.17) is 42.6 Å². The molecule has 0 amide bonds. The maximum atomic E-state index is 7.06. The maximum absolute atomic E-state index is 7.06. The van der Waals surface area contributed by atoms with E-state index in [9.17, 15) is 0 Å². The predicted octanol–water partition coefficient (Wildman–Crippen LogP) is 7.65. The lowest BCUT2D eigenvalue weighted by Gasteiger charge is -2.17. The first-order valence-electron chi connectivity index (χ1n) is 13.7. The smallest absolute Gasteiger partial charge is 0.218 e. The summed E-state index contributed by atoms with van der Waals surface area (Å²) < 4.78 is 11.4. The molecule has 2 aliphatic rings. The van der Waals surface area contributed by atoms with E-state index in [0.29, 0.717) is 21.8 Å². The average Bonchev–Trinajstić information content (AvgIpc) is 3.72. The SMILES string of the molecule is COc1nc(-c2cccc(-c3cccc(-c4ccc([C@@H]5CCCN5)c(OC)n4)c3Cl)c2Cl)ccc1C1CCCN1. The molecule has 0 aliphatic carbocycles. The van der Waals surface area contributed by atoms with Gasteiger partial charge in [0.25, 0.3) is 0 Å². The minimum absolute atomic E-state index is 0.260. The number of nitrogens with zero attached hydrogens (tertiary/aromatic N) is 2. The van der Waals surface area contributed by atoms with Gasteiger partial charge in [0.15, 0.2) is 0 Å². The van der Waals surface area contributed by atoms with Gasteiger partial charge in [0, 0.05) is 45.5 Å². The second-order valence-electron chi connectivity index (χ2n) is 10.2. The Labute approximate surface area is 245 Å². The Morgan fingerprint density at radius 1 is 0.625 bits per heavy atom. The molecule has 8 heteroatoms. The Balaban J connectivity index is 1.37. The van der Waals surface area contributed by atoms with Crippen molar-refractivity contribution in [2.24, 2.45) is 0 Å². The first kappa shape index (κ1) is 27.0. The van der Waals surface area contributed by atoms with E-state index in [1.807, 2.05) is 48.5 Å². The Hall–Kier alpha value is -3.16. The summed E-state index contributed by atoms with van der Waals surface area (Å²) in [5, 5.41) is 8.20. The lowest BCUT2D eigenvalue weighted by Crippen LogP contribution is -2.14. The summed E-state index contributed by atoms with van der Waals surface area (Å²) in [7, 11) is 3.32. The second kappa shape index (κ2) is 11.8. The predicted molar refractivity (Wildman–Crippen MR) is 161 cm³/mol. The van der Waals surface area contributed by atoms with Crippen LogP contribution in [0.15, 0.2) is 60.7 Å². The van der Waals surface area contributed by atoms with Crippen LogP contribution in [0.25, 0.3) is 33.6 Å². The van der Waals surface area contributed by atoms with Crippen LogP contribution < -0.4 is 20.1 Å². The molecular weight excluding hydrogens is 543 g/mol. The van der Waals surface area contributed by atoms with Crippen molar-refractivity contribution < 1.29 is 9.47 Å². The summed E-state index contributed by atoms with van der Waals surface area (Å²) in [4.78, 5) is 9.68. The number of benzene rings is 2. The average molecular weight is 576 g/mol. The molecule has 2 aromatic carbocycles. The molecule has 40 heavy (non-hydrogen) atoms. The van der Waals surface area contributed by atoms with E-state index < -0.39 is 0 Å². The van der Waals surface area contributed by atoms with E-state index in [2.05, 4.69) is 22.8 Å². The molecular formula is C32H32Cl2N4O2. The number of nitrogens with one attached hydrogen (secondary N) is 2. The van der Waals surface area contributed by atoms with Gasteiger partial charge in [-0.2, -0.15) is 0 Å². The molecule has 2 atom stereocenters. The number of ether oxygens (including phenoxy) is 2. The molecule has 2 fully saturated rings. The van der Waals surface area contributed by atoms with Crippen LogP contribution >= 0.6 is 23.2 Å². The van der Waals surface area contributed by atoms with Crippen LogP contribution in [0.2, 0.25) is 10.0 Å². The van der Waals surface area contributed by atoms with Crippen molar-refractivity contribution in [2.45, 2.75) is 37.8 Å². The van der Waals surface area contributed by atoms with Crippen LogP contribution in [0.4, 0.5) is 0 Å². The molecule has 1 unspecified atom stereocenters. The fourth-order valence-corrected chi connectivity index (χ4v) is 6.48. The molecule has 6 rings (SSSR count). The highest BCUT2D eigenvalue weighted by molar-refractivity contribution is 6.39. The third-order valence-electron chi connectivity index (χ3n) is 7.88. The highest BCUT2D eigenvalue weighted by Gasteiger charge is 2.24. The minimum atomic E-state index is 0.260. The summed E-state index contributed by atoms with van der Waals surface area (Å²) in [5.41, 5.74) is 6.93. The molecule has 4 heterocycles. The van der Waals surface area contributed by atoms with Crippen LogP contribution in [-0.4, -0.2) is 37.3 Å². The quantitative estimate of drug-likeness (QED) is 0.236. The van der Waals surface area contributed by atoms with Gasteiger partial charge in [0.1, 0.15) is 0 Å². The van der Waals surface area contributed by atoms with Crippen molar-refractivity contribution in [3.8, 4) is 45.4 Å². The number of aromatic nitrogens is 2. The number of halogens is 2. The lowest BCUT2D eigenvalue weighted by atomic mass is 9.97. The third kappa shape index (κ3) is 5.06. The monoisotopic (exact) mass is 574 g/mol. The molecule has 2 saturated heterocycles. The number of hydrogen-bond donors (Lipinski definition) is 2. The second-order valence-corrected chi connectivity index (χ2v) is 11.0. The fourth-order valence-electron chi connectivity index (χ4n) is 5.84. The fraction of sp³-hybridized carbons (Fsp3) is 0.312. The lowest BCUT2D eigenvalue weighted by molar-refractivity contribution is 0.386. The number of pyridine rings is 2. The largest absolute Gasteiger partial charge is 0.481 e. The molecule has 2 aliphatic heterocycles. The van der Waals surface area contributed by atoms with Gasteiger partial charge in [-0.1, -0.05) is 59.6 Å². The summed E-state index contributed by atoms with van der Waals surface area (Å²) in [6.45, 7) is 2.01. The van der Waals surface area contributed by atoms with Gasteiger partial charge in [0.05, 0.1) is 35.7 Å². The van der Waals surface area contributed by atoms with Crippen molar-refractivity contribution in [3.05, 3.63) is 81.8 Å². The van der Waals surface area contributed by atoms with Gasteiger partial charge in [-0.15, -0.1) is 0 Å². The Kier molecular flexibility index (Phi) is 7.94. The van der Waals surface area contributed by atoms with Gasteiger partial charge in [-0.3, -0.25) is 0 Å². The van der Waals surface area contributed by atoms with Gasteiger partial charge >= 0.3 is 0 Å². The molecule has 0 spiro atoms. The molecule has 0 saturated carbocycles. The number of hydrogen-bond acceptors (Lipinski definition) is 6. The zero-order valence-corrected chi connectivity index (χ0v) is 24.1. The standard InChI is InChI=1S/C32H32Cl2N4O2/c1-39-31-23(25-11-5-17-35-25)13-15-27(37-31)21-9-3-7-19(29(21)33)20-8-4-10-22(30(20)34)28-16-14-24(32(38-28)40-2)26-12-6-18-36-26/h3-4,7-10,13-16,25-26,35-36H,5-6,11-12,17-18H2,1-2H3/t25-,26?/m0/s1. The van der Waals surface area contributed by atoms with Crippen molar-refractivity contribution in [3.63, 3.8) is 0 Å². The summed E-state index contributed by atoms with van der Waals surface area (Å²) in [5.74, 6) is 1.24. The zero-order chi connectivity index (χ0) is 27.6. The summed E-state index contributed by atoms with van der Waals surface area (Å²) >= 11 is 14.1. The summed E-state index contributed by atoms with van der Waals surface area (Å²) in [6.07, 6.45) is 4.44. The normalized spacial score (nSPS) is 18.7. The van der Waals surface area contributed by atoms with Crippen molar-refractivity contribution >= 4 is 23.2 Å². The molecule has 2 N–H and O–H groups in total.